The number of hydrogen-bond donors (Lipinski definition) is 2. The highest BCUT2D eigenvalue weighted by Gasteiger charge is 2.06. The van der Waals surface area contributed by atoms with Crippen LogP contribution in [0.2, 0.25) is 0 Å². The number of nitriles is 1. The summed E-state index contributed by atoms with van der Waals surface area (Å²) >= 11 is 0. The van der Waals surface area contributed by atoms with E-state index in [2.05, 4.69) is 21.7 Å². The largest absolute Gasteiger partial charge is 0.383 e. The van der Waals surface area contributed by atoms with Crippen LogP contribution in [0, 0.1) is 11.3 Å². The second-order valence-electron chi connectivity index (χ2n) is 4.53. The Morgan fingerprint density at radius 2 is 2.05 bits per heavy atom. The maximum atomic E-state index is 11.9. The lowest BCUT2D eigenvalue weighted by molar-refractivity contribution is 0.0937. The number of carbonyl (C=O) groups excluding carboxylic acids is 1. The molecule has 1 aromatic heterocycles. The number of ether oxygens (including phenoxy) is 1. The molecule has 2 N–H and O–H groups in total. The summed E-state index contributed by atoms with van der Waals surface area (Å²) in [6.07, 6.45) is 3.14. The number of amides is 1. The Morgan fingerprint density at radius 3 is 2.73 bits per heavy atom. The van der Waals surface area contributed by atoms with Gasteiger partial charge in [-0.3, -0.25) is 9.78 Å². The lowest BCUT2D eigenvalue weighted by Crippen LogP contribution is -2.27. The summed E-state index contributed by atoms with van der Waals surface area (Å²) in [5.41, 5.74) is 2.58. The van der Waals surface area contributed by atoms with Gasteiger partial charge in [-0.1, -0.05) is 0 Å². The molecule has 1 aromatic carbocycles. The van der Waals surface area contributed by atoms with Gasteiger partial charge in [0.1, 0.15) is 0 Å². The van der Waals surface area contributed by atoms with E-state index in [0.717, 1.165) is 5.69 Å². The van der Waals surface area contributed by atoms with Crippen molar-refractivity contribution in [1.82, 2.24) is 10.3 Å². The van der Waals surface area contributed by atoms with E-state index >= 15 is 0 Å². The summed E-state index contributed by atoms with van der Waals surface area (Å²) < 4.78 is 4.88. The first kappa shape index (κ1) is 15.5. The Bertz CT molecular complexity index is 677. The first-order chi connectivity index (χ1) is 10.7. The number of anilines is 2. The highest BCUT2D eigenvalue weighted by Crippen LogP contribution is 2.17. The third-order valence-corrected chi connectivity index (χ3v) is 2.89. The molecule has 0 aliphatic rings. The molecular formula is C16H16N4O2. The minimum absolute atomic E-state index is 0.201. The Morgan fingerprint density at radius 1 is 1.27 bits per heavy atom. The molecule has 0 atom stereocenters. The second-order valence-corrected chi connectivity index (χ2v) is 4.53. The molecule has 2 rings (SSSR count). The Hall–Kier alpha value is -2.91. The topological polar surface area (TPSA) is 87.0 Å². The third kappa shape index (κ3) is 4.30. The van der Waals surface area contributed by atoms with Crippen molar-refractivity contribution < 1.29 is 9.53 Å². The van der Waals surface area contributed by atoms with Gasteiger partial charge in [-0.05, 0) is 30.3 Å². The Labute approximate surface area is 128 Å². The molecule has 0 saturated heterocycles. The first-order valence-electron chi connectivity index (χ1n) is 6.72. The standard InChI is InChI=1S/C16H16N4O2/c1-22-7-6-19-16(21)13-8-15(11-18-10-13)20-14-4-2-12(9-17)3-5-14/h2-5,8,10-11,20H,6-7H2,1H3,(H,19,21). The van der Waals surface area contributed by atoms with Crippen LogP contribution in [0.1, 0.15) is 15.9 Å². The van der Waals surface area contributed by atoms with Crippen molar-refractivity contribution in [2.75, 3.05) is 25.6 Å². The summed E-state index contributed by atoms with van der Waals surface area (Å²) in [4.78, 5) is 16.0. The summed E-state index contributed by atoms with van der Waals surface area (Å²) in [5, 5.41) is 14.7. The monoisotopic (exact) mass is 296 g/mol. The molecule has 1 heterocycles. The average molecular weight is 296 g/mol. The Balaban J connectivity index is 2.04. The molecule has 0 radical (unpaired) electrons. The number of nitrogens with zero attached hydrogens (tertiary/aromatic N) is 2. The fourth-order valence-electron chi connectivity index (χ4n) is 1.80. The van der Waals surface area contributed by atoms with E-state index in [1.165, 1.54) is 6.20 Å². The summed E-state index contributed by atoms with van der Waals surface area (Å²) in [7, 11) is 1.58. The van der Waals surface area contributed by atoms with Crippen molar-refractivity contribution in [2.24, 2.45) is 0 Å². The normalized spacial score (nSPS) is 9.82. The third-order valence-electron chi connectivity index (χ3n) is 2.89. The van der Waals surface area contributed by atoms with Crippen molar-refractivity contribution in [3.63, 3.8) is 0 Å². The smallest absolute Gasteiger partial charge is 0.253 e. The van der Waals surface area contributed by atoms with Gasteiger partial charge in [0.25, 0.3) is 5.91 Å². The van der Waals surface area contributed by atoms with Gasteiger partial charge in [-0.2, -0.15) is 5.26 Å². The van der Waals surface area contributed by atoms with Gasteiger partial charge in [0.2, 0.25) is 0 Å². The highest BCUT2D eigenvalue weighted by molar-refractivity contribution is 5.94. The number of methoxy groups -OCH3 is 1. The van der Waals surface area contributed by atoms with Gasteiger partial charge >= 0.3 is 0 Å². The van der Waals surface area contributed by atoms with Crippen molar-refractivity contribution in [1.29, 1.82) is 5.26 Å². The molecule has 112 valence electrons. The van der Waals surface area contributed by atoms with Crippen LogP contribution in [0.25, 0.3) is 0 Å². The zero-order chi connectivity index (χ0) is 15.8. The predicted octanol–water partition coefficient (Wildman–Crippen LogP) is 2.07. The van der Waals surface area contributed by atoms with Crippen LogP contribution in [-0.2, 0) is 4.74 Å². The maximum absolute atomic E-state index is 11.9. The number of rotatable bonds is 6. The Kier molecular flexibility index (Phi) is 5.46. The number of hydrogen-bond acceptors (Lipinski definition) is 5. The van der Waals surface area contributed by atoms with Crippen molar-refractivity contribution in [2.45, 2.75) is 0 Å². The van der Waals surface area contributed by atoms with E-state index in [9.17, 15) is 4.79 Å². The summed E-state index contributed by atoms with van der Waals surface area (Å²) in [6, 6.07) is 10.8. The average Bonchev–Trinajstić information content (AvgIpc) is 2.56. The number of aromatic nitrogens is 1. The maximum Gasteiger partial charge on any atom is 0.253 e. The van der Waals surface area contributed by atoms with E-state index in [0.29, 0.717) is 30.0 Å². The quantitative estimate of drug-likeness (QED) is 0.797. The summed E-state index contributed by atoms with van der Waals surface area (Å²) in [5.74, 6) is -0.201. The van der Waals surface area contributed by atoms with Gasteiger partial charge in [0, 0.05) is 25.5 Å². The van der Waals surface area contributed by atoms with Crippen LogP contribution in [0.15, 0.2) is 42.7 Å². The van der Waals surface area contributed by atoms with Gasteiger partial charge < -0.3 is 15.4 Å². The van der Waals surface area contributed by atoms with Gasteiger partial charge in [-0.15, -0.1) is 0 Å². The fraction of sp³-hybridized carbons (Fsp3) is 0.188. The van der Waals surface area contributed by atoms with E-state index in [4.69, 9.17) is 10.00 Å². The molecule has 0 aliphatic heterocycles. The van der Waals surface area contributed by atoms with E-state index < -0.39 is 0 Å². The molecule has 2 aromatic rings. The van der Waals surface area contributed by atoms with E-state index in [1.54, 1.807) is 43.6 Å². The molecule has 0 saturated carbocycles. The molecule has 1 amide bonds. The van der Waals surface area contributed by atoms with Crippen LogP contribution < -0.4 is 10.6 Å². The lowest BCUT2D eigenvalue weighted by atomic mass is 10.2. The predicted molar refractivity (Wildman–Crippen MR) is 82.9 cm³/mol. The van der Waals surface area contributed by atoms with Gasteiger partial charge in [-0.25, -0.2) is 0 Å². The zero-order valence-electron chi connectivity index (χ0n) is 12.2. The molecular weight excluding hydrogens is 280 g/mol. The second kappa shape index (κ2) is 7.76. The van der Waals surface area contributed by atoms with Crippen LogP contribution in [0.4, 0.5) is 11.4 Å². The minimum atomic E-state index is -0.201. The van der Waals surface area contributed by atoms with Crippen molar-refractivity contribution in [3.05, 3.63) is 53.9 Å². The molecule has 6 nitrogen and oxygen atoms in total. The number of benzene rings is 1. The number of nitrogens with one attached hydrogen (secondary N) is 2. The lowest BCUT2D eigenvalue weighted by Gasteiger charge is -2.08. The molecule has 0 bridgehead atoms. The van der Waals surface area contributed by atoms with Crippen LogP contribution in [0.3, 0.4) is 0 Å². The van der Waals surface area contributed by atoms with Gasteiger partial charge in [0.15, 0.2) is 0 Å². The van der Waals surface area contributed by atoms with E-state index in [-0.39, 0.29) is 5.91 Å². The minimum Gasteiger partial charge on any atom is -0.383 e. The van der Waals surface area contributed by atoms with Gasteiger partial charge in [0.05, 0.1) is 35.7 Å². The number of carbonyl (C=O) groups is 1. The summed E-state index contributed by atoms with van der Waals surface area (Å²) in [6.45, 7) is 0.908. The first-order valence-corrected chi connectivity index (χ1v) is 6.72. The molecule has 22 heavy (non-hydrogen) atoms. The van der Waals surface area contributed by atoms with E-state index in [1.807, 2.05) is 0 Å². The van der Waals surface area contributed by atoms with Crippen molar-refractivity contribution >= 4 is 17.3 Å². The zero-order valence-corrected chi connectivity index (χ0v) is 12.2. The van der Waals surface area contributed by atoms with Crippen LogP contribution >= 0.6 is 0 Å². The molecule has 0 unspecified atom stereocenters. The SMILES string of the molecule is COCCNC(=O)c1cncc(Nc2ccc(C#N)cc2)c1. The fourth-order valence-corrected chi connectivity index (χ4v) is 1.80. The van der Waals surface area contributed by atoms with Crippen molar-refractivity contribution in [3.8, 4) is 6.07 Å². The molecule has 0 aliphatic carbocycles. The molecule has 6 heteroatoms. The number of pyridine rings is 1. The highest BCUT2D eigenvalue weighted by atomic mass is 16.5. The van der Waals surface area contributed by atoms with Crippen LogP contribution in [0.5, 0.6) is 0 Å². The molecule has 0 spiro atoms. The molecule has 0 fully saturated rings. The van der Waals surface area contributed by atoms with Crippen LogP contribution in [-0.4, -0.2) is 31.2 Å².